The molecule has 152 valence electrons. The van der Waals surface area contributed by atoms with Crippen molar-refractivity contribution in [3.63, 3.8) is 0 Å². The van der Waals surface area contributed by atoms with Gasteiger partial charge in [0, 0.05) is 6.42 Å². The van der Waals surface area contributed by atoms with Gasteiger partial charge in [-0.25, -0.2) is 8.78 Å². The number of aryl methyl sites for hydroxylation is 1. The number of aromatic nitrogens is 4. The number of alkyl halides is 3. The van der Waals surface area contributed by atoms with Crippen LogP contribution in [0.4, 0.5) is 27.6 Å². The third kappa shape index (κ3) is 3.21. The molecular formula is C16H10F5N5O3. The van der Waals surface area contributed by atoms with Crippen LogP contribution in [0.15, 0.2) is 21.2 Å². The van der Waals surface area contributed by atoms with Gasteiger partial charge in [0.05, 0.1) is 11.3 Å². The molecule has 1 aromatic carbocycles. The Hall–Kier alpha value is -3.38. The number of hydrogen-bond acceptors (Lipinski definition) is 7. The summed E-state index contributed by atoms with van der Waals surface area (Å²) in [7, 11) is 0. The Labute approximate surface area is 158 Å². The standard InChI is InChI=1S/C16H10F5N5O3/c1-6-22-14(28-24-6)9-4-5-10(27)26(9)8-3-2-7(11(17)12(8)18)13-23-15(29-25-13)16(19,20)21/h2-3,9H,4-5H2,1H3. The smallest absolute Gasteiger partial charge is 0.337 e. The van der Waals surface area contributed by atoms with Gasteiger partial charge in [0.25, 0.3) is 0 Å². The van der Waals surface area contributed by atoms with E-state index in [-0.39, 0.29) is 18.7 Å². The minimum absolute atomic E-state index is 0.0364. The van der Waals surface area contributed by atoms with E-state index in [9.17, 15) is 26.7 Å². The molecule has 13 heteroatoms. The van der Waals surface area contributed by atoms with Crippen molar-refractivity contribution in [3.8, 4) is 11.4 Å². The lowest BCUT2D eigenvalue weighted by Gasteiger charge is -2.23. The molecule has 3 heterocycles. The van der Waals surface area contributed by atoms with Crippen molar-refractivity contribution in [3.05, 3.63) is 41.4 Å². The van der Waals surface area contributed by atoms with Gasteiger partial charge in [0.15, 0.2) is 17.5 Å². The van der Waals surface area contributed by atoms with Crippen molar-refractivity contribution in [1.82, 2.24) is 20.3 Å². The Morgan fingerprint density at radius 1 is 1.10 bits per heavy atom. The molecule has 4 rings (SSSR count). The zero-order valence-electron chi connectivity index (χ0n) is 14.5. The van der Waals surface area contributed by atoms with Crippen LogP contribution in [0.1, 0.15) is 36.5 Å². The van der Waals surface area contributed by atoms with E-state index in [0.29, 0.717) is 5.82 Å². The van der Waals surface area contributed by atoms with E-state index < -0.39 is 52.7 Å². The highest BCUT2D eigenvalue weighted by Crippen LogP contribution is 2.39. The highest BCUT2D eigenvalue weighted by Gasteiger charge is 2.40. The maximum absolute atomic E-state index is 14.8. The van der Waals surface area contributed by atoms with Gasteiger partial charge in [-0.2, -0.15) is 23.1 Å². The number of hydrogen-bond donors (Lipinski definition) is 0. The van der Waals surface area contributed by atoms with Gasteiger partial charge in [0.2, 0.25) is 17.6 Å². The summed E-state index contributed by atoms with van der Waals surface area (Å²) in [6, 6.07) is 1.20. The lowest BCUT2D eigenvalue weighted by molar-refractivity contribution is -0.159. The van der Waals surface area contributed by atoms with Crippen molar-refractivity contribution in [1.29, 1.82) is 0 Å². The second-order valence-corrected chi connectivity index (χ2v) is 6.18. The van der Waals surface area contributed by atoms with Crippen LogP contribution in [-0.2, 0) is 11.0 Å². The number of benzene rings is 1. The fraction of sp³-hybridized carbons (Fsp3) is 0.312. The summed E-state index contributed by atoms with van der Waals surface area (Å²) < 4.78 is 76.2. The van der Waals surface area contributed by atoms with Gasteiger partial charge in [-0.05, 0) is 25.5 Å². The Kier molecular flexibility index (Phi) is 4.31. The molecule has 3 aromatic rings. The molecule has 0 saturated carbocycles. The van der Waals surface area contributed by atoms with Crippen molar-refractivity contribution in [2.75, 3.05) is 4.90 Å². The lowest BCUT2D eigenvalue weighted by atomic mass is 10.1. The topological polar surface area (TPSA) is 98.2 Å². The first-order valence-corrected chi connectivity index (χ1v) is 8.18. The summed E-state index contributed by atoms with van der Waals surface area (Å²) in [5.74, 6) is -5.61. The molecule has 1 saturated heterocycles. The Morgan fingerprint density at radius 3 is 2.48 bits per heavy atom. The van der Waals surface area contributed by atoms with Gasteiger partial charge in [0.1, 0.15) is 6.04 Å². The molecule has 1 amide bonds. The predicted molar refractivity (Wildman–Crippen MR) is 83.1 cm³/mol. The van der Waals surface area contributed by atoms with Crippen LogP contribution in [0.3, 0.4) is 0 Å². The number of amides is 1. The predicted octanol–water partition coefficient (Wildman–Crippen LogP) is 3.59. The van der Waals surface area contributed by atoms with Gasteiger partial charge in [-0.3, -0.25) is 9.69 Å². The summed E-state index contributed by atoms with van der Waals surface area (Å²) in [6.45, 7) is 1.56. The van der Waals surface area contributed by atoms with Crippen LogP contribution >= 0.6 is 0 Å². The molecule has 8 nitrogen and oxygen atoms in total. The fourth-order valence-corrected chi connectivity index (χ4v) is 3.01. The van der Waals surface area contributed by atoms with Gasteiger partial charge in [-0.15, -0.1) is 0 Å². The van der Waals surface area contributed by atoms with Crippen molar-refractivity contribution in [2.24, 2.45) is 0 Å². The molecule has 0 spiro atoms. The van der Waals surface area contributed by atoms with E-state index in [0.717, 1.165) is 17.0 Å². The van der Waals surface area contributed by atoms with Crippen molar-refractivity contribution >= 4 is 11.6 Å². The van der Waals surface area contributed by atoms with Crippen molar-refractivity contribution in [2.45, 2.75) is 32.0 Å². The largest absolute Gasteiger partial charge is 0.471 e. The number of rotatable bonds is 3. The summed E-state index contributed by atoms with van der Waals surface area (Å²) in [5.41, 5.74) is -1.07. The third-order valence-corrected chi connectivity index (χ3v) is 4.27. The average Bonchev–Trinajstić information content (AvgIpc) is 3.37. The first kappa shape index (κ1) is 19.0. The van der Waals surface area contributed by atoms with Crippen LogP contribution in [0, 0.1) is 18.6 Å². The van der Waals surface area contributed by atoms with Crippen LogP contribution in [0.5, 0.6) is 0 Å². The number of carbonyl (C=O) groups excluding carboxylic acids is 1. The Balaban J connectivity index is 1.73. The highest BCUT2D eigenvalue weighted by molar-refractivity contribution is 5.96. The molecule has 0 N–H and O–H groups in total. The molecule has 1 atom stereocenters. The van der Waals surface area contributed by atoms with E-state index >= 15 is 0 Å². The van der Waals surface area contributed by atoms with E-state index in [2.05, 4.69) is 24.8 Å². The van der Waals surface area contributed by atoms with Crippen molar-refractivity contribution < 1.29 is 35.8 Å². The van der Waals surface area contributed by atoms with Gasteiger partial charge >= 0.3 is 12.1 Å². The number of carbonyl (C=O) groups is 1. The quantitative estimate of drug-likeness (QED) is 0.603. The summed E-state index contributed by atoms with van der Waals surface area (Å²) in [5, 5.41) is 6.66. The SMILES string of the molecule is Cc1noc(C2CCC(=O)N2c2ccc(-c3noc(C(F)(F)F)n3)c(F)c2F)n1. The van der Waals surface area contributed by atoms with Gasteiger partial charge in [-0.1, -0.05) is 10.3 Å². The highest BCUT2D eigenvalue weighted by atomic mass is 19.4. The van der Waals surface area contributed by atoms with E-state index in [4.69, 9.17) is 4.52 Å². The molecule has 2 aromatic heterocycles. The molecule has 0 bridgehead atoms. The zero-order valence-corrected chi connectivity index (χ0v) is 14.5. The fourth-order valence-electron chi connectivity index (χ4n) is 3.01. The normalized spacial score (nSPS) is 17.4. The molecule has 1 aliphatic rings. The van der Waals surface area contributed by atoms with Gasteiger partial charge < -0.3 is 9.05 Å². The van der Waals surface area contributed by atoms with E-state index in [1.807, 2.05) is 0 Å². The molecule has 0 aliphatic carbocycles. The summed E-state index contributed by atoms with van der Waals surface area (Å²) in [4.78, 5) is 20.3. The van der Waals surface area contributed by atoms with E-state index in [1.165, 1.54) is 0 Å². The molecule has 29 heavy (non-hydrogen) atoms. The monoisotopic (exact) mass is 415 g/mol. The van der Waals surface area contributed by atoms with E-state index in [1.54, 1.807) is 6.92 Å². The molecule has 1 unspecified atom stereocenters. The van der Waals surface area contributed by atoms with Crippen LogP contribution in [0.2, 0.25) is 0 Å². The summed E-state index contributed by atoms with van der Waals surface area (Å²) >= 11 is 0. The maximum Gasteiger partial charge on any atom is 0.471 e. The number of anilines is 1. The molecular weight excluding hydrogens is 405 g/mol. The second-order valence-electron chi connectivity index (χ2n) is 6.18. The second kappa shape index (κ2) is 6.60. The lowest BCUT2D eigenvalue weighted by Crippen LogP contribution is -2.28. The first-order valence-electron chi connectivity index (χ1n) is 8.18. The van der Waals surface area contributed by atoms with Crippen LogP contribution < -0.4 is 4.90 Å². The molecule has 1 fully saturated rings. The average molecular weight is 415 g/mol. The molecule has 1 aliphatic heterocycles. The minimum Gasteiger partial charge on any atom is -0.337 e. The Morgan fingerprint density at radius 2 is 1.86 bits per heavy atom. The number of halogens is 5. The molecule has 0 radical (unpaired) electrons. The summed E-state index contributed by atoms with van der Waals surface area (Å²) in [6.07, 6.45) is -4.66. The Bertz CT molecular complexity index is 1090. The minimum atomic E-state index is -4.93. The maximum atomic E-state index is 14.8. The van der Waals surface area contributed by atoms with Crippen LogP contribution in [0.25, 0.3) is 11.4 Å². The van der Waals surface area contributed by atoms with Crippen LogP contribution in [-0.4, -0.2) is 26.2 Å². The zero-order chi connectivity index (χ0) is 20.9. The first-order chi connectivity index (χ1) is 13.7. The third-order valence-electron chi connectivity index (χ3n) is 4.27. The number of nitrogens with zero attached hydrogens (tertiary/aromatic N) is 5.